The smallest absolute Gasteiger partial charge is 0.129 e. The van der Waals surface area contributed by atoms with Crippen LogP contribution in [-0.4, -0.2) is 18.0 Å². The average Bonchev–Trinajstić information content (AvgIpc) is 2.30. The second-order valence-corrected chi connectivity index (χ2v) is 3.53. The Bertz CT molecular complexity index is 407. The van der Waals surface area contributed by atoms with E-state index in [0.717, 1.165) is 13.1 Å². The van der Waals surface area contributed by atoms with E-state index in [-0.39, 0.29) is 5.82 Å². The SMILES string of the molecule is C=CCN(CC)Cc1ccc(C#N)cc1F. The number of likely N-dealkylation sites (N-methyl/N-ethyl adjacent to an activating group) is 1. The van der Waals surface area contributed by atoms with Gasteiger partial charge in [0.25, 0.3) is 0 Å². The summed E-state index contributed by atoms with van der Waals surface area (Å²) >= 11 is 0. The van der Waals surface area contributed by atoms with E-state index in [1.807, 2.05) is 13.0 Å². The zero-order chi connectivity index (χ0) is 12.0. The Morgan fingerprint density at radius 3 is 2.81 bits per heavy atom. The second kappa shape index (κ2) is 6.04. The average molecular weight is 218 g/mol. The summed E-state index contributed by atoms with van der Waals surface area (Å²) in [5.41, 5.74) is 0.968. The minimum Gasteiger partial charge on any atom is -0.296 e. The van der Waals surface area contributed by atoms with Gasteiger partial charge in [0.05, 0.1) is 11.6 Å². The molecule has 0 aliphatic carbocycles. The first kappa shape index (κ1) is 12.4. The number of nitrogens with zero attached hydrogens (tertiary/aromatic N) is 2. The highest BCUT2D eigenvalue weighted by atomic mass is 19.1. The van der Waals surface area contributed by atoms with Gasteiger partial charge in [-0.05, 0) is 18.7 Å². The predicted molar refractivity (Wildman–Crippen MR) is 62.3 cm³/mol. The van der Waals surface area contributed by atoms with Gasteiger partial charge in [-0.3, -0.25) is 4.90 Å². The summed E-state index contributed by atoms with van der Waals surface area (Å²) in [5.74, 6) is -0.318. The van der Waals surface area contributed by atoms with Crippen molar-refractivity contribution >= 4 is 0 Å². The van der Waals surface area contributed by atoms with Gasteiger partial charge in [0, 0.05) is 18.7 Å². The van der Waals surface area contributed by atoms with Gasteiger partial charge >= 0.3 is 0 Å². The molecule has 0 amide bonds. The van der Waals surface area contributed by atoms with Crippen molar-refractivity contribution in [3.05, 3.63) is 47.8 Å². The number of nitriles is 1. The molecule has 1 aromatic rings. The van der Waals surface area contributed by atoms with Gasteiger partial charge in [0.2, 0.25) is 0 Å². The van der Waals surface area contributed by atoms with E-state index >= 15 is 0 Å². The third-order valence-corrected chi connectivity index (χ3v) is 2.41. The van der Waals surface area contributed by atoms with Gasteiger partial charge in [0.1, 0.15) is 5.82 Å². The van der Waals surface area contributed by atoms with Crippen molar-refractivity contribution in [2.24, 2.45) is 0 Å². The zero-order valence-electron chi connectivity index (χ0n) is 9.41. The van der Waals surface area contributed by atoms with Crippen LogP contribution in [0.4, 0.5) is 4.39 Å². The maximum Gasteiger partial charge on any atom is 0.129 e. The fourth-order valence-electron chi connectivity index (χ4n) is 1.47. The molecule has 0 N–H and O–H groups in total. The van der Waals surface area contributed by atoms with Crippen LogP contribution in [0.1, 0.15) is 18.1 Å². The van der Waals surface area contributed by atoms with Crippen LogP contribution in [0.25, 0.3) is 0 Å². The van der Waals surface area contributed by atoms with Crippen molar-refractivity contribution in [3.63, 3.8) is 0 Å². The maximum atomic E-state index is 13.6. The lowest BCUT2D eigenvalue weighted by Crippen LogP contribution is -2.23. The van der Waals surface area contributed by atoms with Crippen LogP contribution >= 0.6 is 0 Å². The van der Waals surface area contributed by atoms with E-state index in [2.05, 4.69) is 11.5 Å². The molecule has 2 nitrogen and oxygen atoms in total. The molecule has 3 heteroatoms. The molecule has 0 aliphatic heterocycles. The van der Waals surface area contributed by atoms with Gasteiger partial charge in [-0.25, -0.2) is 4.39 Å². The Balaban J connectivity index is 2.81. The van der Waals surface area contributed by atoms with Crippen LogP contribution in [0.3, 0.4) is 0 Å². The summed E-state index contributed by atoms with van der Waals surface area (Å²) in [7, 11) is 0. The standard InChI is InChI=1S/C13H15FN2/c1-3-7-16(4-2)10-12-6-5-11(9-15)8-13(12)14/h3,5-6,8H,1,4,7,10H2,2H3. The van der Waals surface area contributed by atoms with Crippen LogP contribution in [0.15, 0.2) is 30.9 Å². The Kier molecular flexibility index (Phi) is 4.68. The largest absolute Gasteiger partial charge is 0.296 e. The van der Waals surface area contributed by atoms with Crippen molar-refractivity contribution in [2.45, 2.75) is 13.5 Å². The number of hydrogen-bond donors (Lipinski definition) is 0. The minimum absolute atomic E-state index is 0.318. The van der Waals surface area contributed by atoms with Crippen molar-refractivity contribution in [1.82, 2.24) is 4.90 Å². The van der Waals surface area contributed by atoms with Crippen molar-refractivity contribution in [3.8, 4) is 6.07 Å². The molecule has 0 spiro atoms. The molecular formula is C13H15FN2. The quantitative estimate of drug-likeness (QED) is 0.710. The summed E-state index contributed by atoms with van der Waals surface area (Å²) in [5, 5.41) is 8.62. The third-order valence-electron chi connectivity index (χ3n) is 2.41. The van der Waals surface area contributed by atoms with E-state index < -0.39 is 0 Å². The van der Waals surface area contributed by atoms with Crippen LogP contribution in [0, 0.1) is 17.1 Å². The zero-order valence-corrected chi connectivity index (χ0v) is 9.41. The van der Waals surface area contributed by atoms with E-state index in [9.17, 15) is 4.39 Å². The van der Waals surface area contributed by atoms with Gasteiger partial charge in [-0.15, -0.1) is 6.58 Å². The summed E-state index contributed by atoms with van der Waals surface area (Å²) in [6, 6.07) is 6.50. The van der Waals surface area contributed by atoms with Gasteiger partial charge in [-0.1, -0.05) is 19.1 Å². The fraction of sp³-hybridized carbons (Fsp3) is 0.308. The molecule has 0 radical (unpaired) electrons. The Morgan fingerprint density at radius 2 is 2.31 bits per heavy atom. The molecule has 0 unspecified atom stereocenters. The number of hydrogen-bond acceptors (Lipinski definition) is 2. The topological polar surface area (TPSA) is 27.0 Å². The summed E-state index contributed by atoms with van der Waals surface area (Å²) < 4.78 is 13.6. The molecule has 0 saturated carbocycles. The highest BCUT2D eigenvalue weighted by Crippen LogP contribution is 2.12. The van der Waals surface area contributed by atoms with E-state index in [4.69, 9.17) is 5.26 Å². The van der Waals surface area contributed by atoms with Crippen molar-refractivity contribution < 1.29 is 4.39 Å². The number of rotatable bonds is 5. The summed E-state index contributed by atoms with van der Waals surface area (Å²) in [4.78, 5) is 2.07. The van der Waals surface area contributed by atoms with Crippen LogP contribution < -0.4 is 0 Å². The Labute approximate surface area is 95.6 Å². The van der Waals surface area contributed by atoms with Gasteiger partial charge in [-0.2, -0.15) is 5.26 Å². The molecule has 0 aromatic heterocycles. The molecule has 84 valence electrons. The molecule has 0 aliphatic rings. The maximum absolute atomic E-state index is 13.6. The Morgan fingerprint density at radius 1 is 1.56 bits per heavy atom. The molecule has 0 bridgehead atoms. The first-order valence-corrected chi connectivity index (χ1v) is 5.23. The third kappa shape index (κ3) is 3.18. The monoisotopic (exact) mass is 218 g/mol. The number of halogens is 1. The van der Waals surface area contributed by atoms with E-state index in [1.165, 1.54) is 6.07 Å². The minimum atomic E-state index is -0.318. The lowest BCUT2D eigenvalue weighted by Gasteiger charge is -2.18. The first-order valence-electron chi connectivity index (χ1n) is 5.23. The van der Waals surface area contributed by atoms with Gasteiger partial charge in [0.15, 0.2) is 0 Å². The summed E-state index contributed by atoms with van der Waals surface area (Å²) in [6.07, 6.45) is 1.80. The molecule has 1 rings (SSSR count). The molecule has 0 saturated heterocycles. The highest BCUT2D eigenvalue weighted by molar-refractivity contribution is 5.32. The fourth-order valence-corrected chi connectivity index (χ4v) is 1.47. The summed E-state index contributed by atoms with van der Waals surface area (Å²) in [6.45, 7) is 7.79. The molecule has 0 fully saturated rings. The van der Waals surface area contributed by atoms with Crippen LogP contribution in [0.2, 0.25) is 0 Å². The lowest BCUT2D eigenvalue weighted by atomic mass is 10.1. The number of benzene rings is 1. The van der Waals surface area contributed by atoms with Crippen molar-refractivity contribution in [2.75, 3.05) is 13.1 Å². The van der Waals surface area contributed by atoms with E-state index in [1.54, 1.807) is 18.2 Å². The van der Waals surface area contributed by atoms with Crippen molar-refractivity contribution in [1.29, 1.82) is 5.26 Å². The van der Waals surface area contributed by atoms with Crippen LogP contribution in [-0.2, 0) is 6.54 Å². The van der Waals surface area contributed by atoms with E-state index in [0.29, 0.717) is 17.7 Å². The molecule has 0 atom stereocenters. The Hall–Kier alpha value is -1.66. The normalized spacial score (nSPS) is 10.1. The molecule has 0 heterocycles. The molecule has 16 heavy (non-hydrogen) atoms. The highest BCUT2D eigenvalue weighted by Gasteiger charge is 2.07. The van der Waals surface area contributed by atoms with Crippen LogP contribution in [0.5, 0.6) is 0 Å². The second-order valence-electron chi connectivity index (χ2n) is 3.53. The lowest BCUT2D eigenvalue weighted by molar-refractivity contribution is 0.306. The van der Waals surface area contributed by atoms with Gasteiger partial charge < -0.3 is 0 Å². The predicted octanol–water partition coefficient (Wildman–Crippen LogP) is 2.71. The first-order chi connectivity index (χ1) is 7.71. The molecule has 1 aromatic carbocycles. The molecular weight excluding hydrogens is 203 g/mol.